The van der Waals surface area contributed by atoms with Gasteiger partial charge in [0, 0.05) is 21.2 Å². The third kappa shape index (κ3) is 4.75. The van der Waals surface area contributed by atoms with E-state index >= 15 is 0 Å². The van der Waals surface area contributed by atoms with Crippen LogP contribution in [0.2, 0.25) is 0 Å². The van der Waals surface area contributed by atoms with Gasteiger partial charge >= 0.3 is 0 Å². The molecule has 0 atom stereocenters. The lowest BCUT2D eigenvalue weighted by atomic mass is 10.1. The number of nitrogens with zero attached hydrogens (tertiary/aromatic N) is 2. The van der Waals surface area contributed by atoms with E-state index in [9.17, 15) is 9.18 Å². The largest absolute Gasteiger partial charge is 0.340 e. The van der Waals surface area contributed by atoms with Crippen molar-refractivity contribution in [2.24, 2.45) is 0 Å². The summed E-state index contributed by atoms with van der Waals surface area (Å²) in [5.41, 5.74) is 2.87. The monoisotopic (exact) mass is 450 g/mol. The van der Waals surface area contributed by atoms with Crippen LogP contribution in [0.3, 0.4) is 0 Å². The summed E-state index contributed by atoms with van der Waals surface area (Å²) in [5.74, 6) is 0.0505. The van der Waals surface area contributed by atoms with Crippen molar-refractivity contribution in [3.63, 3.8) is 0 Å². The minimum Gasteiger partial charge on any atom is -0.340 e. The molecule has 3 aromatic carbocycles. The van der Waals surface area contributed by atoms with E-state index in [1.807, 2.05) is 36.4 Å². The molecule has 1 heterocycles. The number of hydrogen-bond donors (Lipinski definition) is 2. The Morgan fingerprint density at radius 3 is 2.55 bits per heavy atom. The Labute approximate surface area is 175 Å². The highest BCUT2D eigenvalue weighted by Gasteiger charge is 2.09. The van der Waals surface area contributed by atoms with E-state index in [4.69, 9.17) is 0 Å². The van der Waals surface area contributed by atoms with Crippen molar-refractivity contribution in [3.05, 3.63) is 88.9 Å². The normalized spacial score (nSPS) is 10.7. The number of amides is 1. The van der Waals surface area contributed by atoms with E-state index in [1.54, 1.807) is 18.2 Å². The van der Waals surface area contributed by atoms with Crippen molar-refractivity contribution in [1.29, 1.82) is 0 Å². The van der Waals surface area contributed by atoms with Crippen LogP contribution in [0, 0.1) is 5.82 Å². The van der Waals surface area contributed by atoms with Crippen molar-refractivity contribution < 1.29 is 9.18 Å². The molecule has 0 fully saturated rings. The zero-order valence-electron chi connectivity index (χ0n) is 15.2. The van der Waals surface area contributed by atoms with Gasteiger partial charge in [-0.3, -0.25) is 4.79 Å². The molecule has 4 aromatic rings. The van der Waals surface area contributed by atoms with Crippen LogP contribution >= 0.6 is 15.9 Å². The number of benzene rings is 3. The van der Waals surface area contributed by atoms with E-state index in [2.05, 4.69) is 36.5 Å². The Balaban J connectivity index is 1.56. The molecule has 0 aliphatic heterocycles. The summed E-state index contributed by atoms with van der Waals surface area (Å²) in [5, 5.41) is 6.90. The van der Waals surface area contributed by atoms with E-state index in [0.29, 0.717) is 17.1 Å². The fraction of sp³-hybridized carbons (Fsp3) is 0.0455. The van der Waals surface area contributed by atoms with Crippen LogP contribution < -0.4 is 10.6 Å². The molecule has 0 bridgehead atoms. The maximum atomic E-state index is 13.3. The predicted octanol–water partition coefficient (Wildman–Crippen LogP) is 5.46. The summed E-state index contributed by atoms with van der Waals surface area (Å²) in [4.78, 5) is 21.0. The molecule has 144 valence electrons. The van der Waals surface area contributed by atoms with Gasteiger partial charge in [-0.1, -0.05) is 28.1 Å². The first-order valence-electron chi connectivity index (χ1n) is 8.88. The third-order valence-corrected chi connectivity index (χ3v) is 4.81. The van der Waals surface area contributed by atoms with Crippen LogP contribution in [0.25, 0.3) is 10.9 Å². The van der Waals surface area contributed by atoms with Crippen LogP contribution in [0.15, 0.2) is 77.5 Å². The van der Waals surface area contributed by atoms with Crippen molar-refractivity contribution in [2.75, 3.05) is 10.6 Å². The molecule has 0 unspecified atom stereocenters. The van der Waals surface area contributed by atoms with Gasteiger partial charge in [0.1, 0.15) is 18.0 Å². The molecule has 2 N–H and O–H groups in total. The molecule has 1 amide bonds. The first-order valence-corrected chi connectivity index (χ1v) is 9.68. The second-order valence-electron chi connectivity index (χ2n) is 6.44. The highest BCUT2D eigenvalue weighted by Crippen LogP contribution is 2.26. The Morgan fingerprint density at radius 2 is 1.76 bits per heavy atom. The fourth-order valence-electron chi connectivity index (χ4n) is 2.94. The Morgan fingerprint density at radius 1 is 0.966 bits per heavy atom. The number of halogens is 2. The molecule has 29 heavy (non-hydrogen) atoms. The lowest BCUT2D eigenvalue weighted by Gasteiger charge is -2.11. The summed E-state index contributed by atoms with van der Waals surface area (Å²) >= 11 is 3.42. The molecule has 1 aromatic heterocycles. The Hall–Kier alpha value is -3.32. The lowest BCUT2D eigenvalue weighted by Crippen LogP contribution is -2.14. The number of hydrogen-bond acceptors (Lipinski definition) is 4. The van der Waals surface area contributed by atoms with Gasteiger partial charge in [0.05, 0.1) is 11.9 Å². The maximum Gasteiger partial charge on any atom is 0.228 e. The van der Waals surface area contributed by atoms with Gasteiger partial charge in [-0.05, 0) is 60.2 Å². The van der Waals surface area contributed by atoms with Crippen LogP contribution in [0.1, 0.15) is 5.56 Å². The number of nitrogens with one attached hydrogen (secondary N) is 2. The number of carbonyl (C=O) groups excluding carboxylic acids is 1. The molecule has 0 aliphatic rings. The highest BCUT2D eigenvalue weighted by molar-refractivity contribution is 9.10. The first-order chi connectivity index (χ1) is 14.1. The topological polar surface area (TPSA) is 66.9 Å². The van der Waals surface area contributed by atoms with Crippen molar-refractivity contribution in [3.8, 4) is 0 Å². The van der Waals surface area contributed by atoms with Gasteiger partial charge in [-0.15, -0.1) is 0 Å². The molecule has 5 nitrogen and oxygen atoms in total. The zero-order chi connectivity index (χ0) is 20.2. The lowest BCUT2D eigenvalue weighted by molar-refractivity contribution is -0.115. The summed E-state index contributed by atoms with van der Waals surface area (Å²) in [6, 6.07) is 19.2. The van der Waals surface area contributed by atoms with Crippen molar-refractivity contribution in [1.82, 2.24) is 9.97 Å². The number of aromatic nitrogens is 2. The van der Waals surface area contributed by atoms with Crippen molar-refractivity contribution >= 4 is 49.9 Å². The first kappa shape index (κ1) is 19.0. The smallest absolute Gasteiger partial charge is 0.228 e. The van der Waals surface area contributed by atoms with Gasteiger partial charge in [-0.2, -0.15) is 0 Å². The Kier molecular flexibility index (Phi) is 5.48. The molecule has 0 spiro atoms. The van der Waals surface area contributed by atoms with Gasteiger partial charge in [0.2, 0.25) is 5.91 Å². The number of carbonyl (C=O) groups is 1. The number of anilines is 3. The average molecular weight is 451 g/mol. The third-order valence-electron chi connectivity index (χ3n) is 4.28. The molecule has 0 aliphatic carbocycles. The minimum atomic E-state index is -0.359. The SMILES string of the molecule is O=C(Cc1cccc(F)c1)Nc1ccc2ncnc(Nc3ccc(Br)cc3)c2c1. The van der Waals surface area contributed by atoms with Crippen molar-refractivity contribution in [2.45, 2.75) is 6.42 Å². The minimum absolute atomic E-state index is 0.0884. The summed E-state index contributed by atoms with van der Waals surface area (Å²) in [7, 11) is 0. The van der Waals surface area contributed by atoms with E-state index in [1.165, 1.54) is 18.5 Å². The van der Waals surface area contributed by atoms with Crippen LogP contribution in [-0.4, -0.2) is 15.9 Å². The fourth-order valence-corrected chi connectivity index (χ4v) is 3.21. The molecular formula is C22H16BrFN4O. The summed E-state index contributed by atoms with van der Waals surface area (Å²) < 4.78 is 14.3. The number of fused-ring (bicyclic) bond motifs is 1. The number of rotatable bonds is 5. The molecule has 0 saturated carbocycles. The summed E-state index contributed by atoms with van der Waals surface area (Å²) in [6.07, 6.45) is 1.58. The van der Waals surface area contributed by atoms with Crippen LogP contribution in [-0.2, 0) is 11.2 Å². The van der Waals surface area contributed by atoms with Gasteiger partial charge in [0.15, 0.2) is 0 Å². The second-order valence-corrected chi connectivity index (χ2v) is 7.36. The van der Waals surface area contributed by atoms with E-state index in [0.717, 1.165) is 21.1 Å². The maximum absolute atomic E-state index is 13.3. The van der Waals surface area contributed by atoms with Crippen LogP contribution in [0.5, 0.6) is 0 Å². The van der Waals surface area contributed by atoms with Gasteiger partial charge in [0.25, 0.3) is 0 Å². The van der Waals surface area contributed by atoms with E-state index in [-0.39, 0.29) is 18.1 Å². The van der Waals surface area contributed by atoms with Crippen LogP contribution in [0.4, 0.5) is 21.6 Å². The average Bonchev–Trinajstić information content (AvgIpc) is 2.70. The molecule has 0 saturated heterocycles. The summed E-state index contributed by atoms with van der Waals surface area (Å²) in [6.45, 7) is 0. The molecule has 4 rings (SSSR count). The Bertz CT molecular complexity index is 1180. The molecule has 0 radical (unpaired) electrons. The van der Waals surface area contributed by atoms with E-state index < -0.39 is 0 Å². The molecular weight excluding hydrogens is 435 g/mol. The molecule has 7 heteroatoms. The highest BCUT2D eigenvalue weighted by atomic mass is 79.9. The predicted molar refractivity (Wildman–Crippen MR) is 116 cm³/mol. The van der Waals surface area contributed by atoms with Gasteiger partial charge in [-0.25, -0.2) is 14.4 Å². The standard InChI is InChI=1S/C22H16BrFN4O/c23-15-4-6-17(7-5-15)28-22-19-12-18(8-9-20(19)25-13-26-22)27-21(29)11-14-2-1-3-16(24)10-14/h1-10,12-13H,11H2,(H,27,29)(H,25,26,28). The quantitative estimate of drug-likeness (QED) is 0.423. The zero-order valence-corrected chi connectivity index (χ0v) is 16.8. The second kappa shape index (κ2) is 8.36. The van der Waals surface area contributed by atoms with Gasteiger partial charge < -0.3 is 10.6 Å².